The molecule has 2 atom stereocenters. The highest BCUT2D eigenvalue weighted by Gasteiger charge is 2.39. The van der Waals surface area contributed by atoms with Crippen LogP contribution in [0, 0.1) is 25.7 Å². The van der Waals surface area contributed by atoms with Gasteiger partial charge in [-0.2, -0.15) is 0 Å². The van der Waals surface area contributed by atoms with Crippen LogP contribution in [0.25, 0.3) is 5.00 Å². The van der Waals surface area contributed by atoms with Gasteiger partial charge >= 0.3 is 0 Å². The van der Waals surface area contributed by atoms with E-state index in [1.807, 2.05) is 68.6 Å². The summed E-state index contributed by atoms with van der Waals surface area (Å²) in [5, 5.41) is 14.0. The fourth-order valence-electron chi connectivity index (χ4n) is 7.50. The number of hydrogen-bond acceptors (Lipinski definition) is 9. The van der Waals surface area contributed by atoms with Gasteiger partial charge in [-0.05, 0) is 99.8 Å². The standard InChI is InChI=1S/C42H38ClN7O3S/c1-24-37(54-42-38(24)39(28-11-13-29(43)14-12-28)46-25(2)40-48-47-26(3)50(40)42)19-16-30-15-10-27(22-45-30)7-4-5-20-44-34-9-6-8-32-33(34)23-49(41(32)53)35-18-17-31(51)21-36(35)52/h6,8-15,22,25,35,44H,4-5,7,17-18,20-21,23H2,1-3H3/t25-,35?/m0/s1. The summed E-state index contributed by atoms with van der Waals surface area (Å²) in [4.78, 5) is 49.8. The Balaban J connectivity index is 0.905. The number of aliphatic imine (C=N–C) groups is 1. The highest BCUT2D eigenvalue weighted by molar-refractivity contribution is 7.15. The number of rotatable bonds is 8. The van der Waals surface area contributed by atoms with Gasteiger partial charge in [0.25, 0.3) is 5.91 Å². The molecule has 1 N–H and O–H groups in total. The fraction of sp³-hybridized carbons (Fsp3) is 0.310. The van der Waals surface area contributed by atoms with Crippen molar-refractivity contribution in [3.8, 4) is 16.8 Å². The molecule has 3 aromatic heterocycles. The summed E-state index contributed by atoms with van der Waals surface area (Å²) >= 11 is 7.84. The zero-order valence-electron chi connectivity index (χ0n) is 30.3. The second-order valence-corrected chi connectivity index (χ2v) is 15.5. The van der Waals surface area contributed by atoms with Crippen LogP contribution in [0.4, 0.5) is 5.69 Å². The number of carbonyl (C=O) groups is 3. The van der Waals surface area contributed by atoms with Gasteiger partial charge in [-0.25, -0.2) is 4.98 Å². The van der Waals surface area contributed by atoms with Crippen molar-refractivity contribution in [2.75, 3.05) is 11.9 Å². The minimum atomic E-state index is -0.516. The number of carbonyl (C=O) groups excluding carboxylic acids is 3. The fourth-order valence-corrected chi connectivity index (χ4v) is 8.85. The Morgan fingerprint density at radius 2 is 1.83 bits per heavy atom. The Morgan fingerprint density at radius 3 is 2.61 bits per heavy atom. The predicted molar refractivity (Wildman–Crippen MR) is 210 cm³/mol. The third-order valence-corrected chi connectivity index (χ3v) is 11.8. The molecular formula is C42H38ClN7O3S. The van der Waals surface area contributed by atoms with E-state index in [4.69, 9.17) is 16.6 Å². The first-order chi connectivity index (χ1) is 26.2. The molecule has 2 aliphatic heterocycles. The number of fused-ring (bicyclic) bond motifs is 4. The van der Waals surface area contributed by atoms with Crippen LogP contribution >= 0.6 is 22.9 Å². The van der Waals surface area contributed by atoms with E-state index in [9.17, 15) is 14.4 Å². The molecule has 1 aliphatic carbocycles. The minimum Gasteiger partial charge on any atom is -0.385 e. The van der Waals surface area contributed by atoms with E-state index in [0.29, 0.717) is 35.7 Å². The van der Waals surface area contributed by atoms with Crippen molar-refractivity contribution >= 4 is 51.8 Å². The van der Waals surface area contributed by atoms with Gasteiger partial charge in [-0.3, -0.25) is 23.9 Å². The number of pyridine rings is 1. The highest BCUT2D eigenvalue weighted by atomic mass is 35.5. The number of hydrogen-bond donors (Lipinski definition) is 1. The number of nitrogens with zero attached hydrogens (tertiary/aromatic N) is 6. The molecule has 272 valence electrons. The Kier molecular flexibility index (Phi) is 9.73. The molecule has 0 bridgehead atoms. The van der Waals surface area contributed by atoms with E-state index in [1.165, 1.54) is 0 Å². The molecule has 0 saturated heterocycles. The second kappa shape index (κ2) is 14.8. The van der Waals surface area contributed by atoms with Crippen LogP contribution in [0.15, 0.2) is 65.8 Å². The number of Topliss-reactive ketones (excluding diaryl/α,β-unsaturated/α-hetero) is 2. The number of aryl methyl sites for hydroxylation is 2. The van der Waals surface area contributed by atoms with Crippen LogP contribution < -0.4 is 5.32 Å². The molecule has 0 spiro atoms. The number of ketones is 2. The molecule has 5 aromatic rings. The van der Waals surface area contributed by atoms with Crippen molar-refractivity contribution < 1.29 is 14.4 Å². The third-order valence-electron chi connectivity index (χ3n) is 10.4. The lowest BCUT2D eigenvalue weighted by Gasteiger charge is -2.29. The molecule has 10 nitrogen and oxygen atoms in total. The van der Waals surface area contributed by atoms with Gasteiger partial charge in [0.1, 0.15) is 28.3 Å². The lowest BCUT2D eigenvalue weighted by molar-refractivity contribution is -0.133. The Bertz CT molecular complexity index is 2400. The van der Waals surface area contributed by atoms with Crippen molar-refractivity contribution in [1.82, 2.24) is 24.6 Å². The molecular weight excluding hydrogens is 718 g/mol. The Morgan fingerprint density at radius 1 is 1.00 bits per heavy atom. The zero-order valence-corrected chi connectivity index (χ0v) is 31.9. The number of thiophene rings is 1. The number of anilines is 1. The van der Waals surface area contributed by atoms with Crippen molar-refractivity contribution in [1.29, 1.82) is 0 Å². The van der Waals surface area contributed by atoms with Gasteiger partial charge in [0.15, 0.2) is 11.6 Å². The summed E-state index contributed by atoms with van der Waals surface area (Å²) in [6.45, 7) is 7.23. The lowest BCUT2D eigenvalue weighted by Crippen LogP contribution is -2.44. The molecule has 1 amide bonds. The number of halogens is 1. The monoisotopic (exact) mass is 755 g/mol. The summed E-state index contributed by atoms with van der Waals surface area (Å²) in [5.41, 5.74) is 8.27. The van der Waals surface area contributed by atoms with E-state index in [0.717, 1.165) is 86.6 Å². The molecule has 0 radical (unpaired) electrons. The largest absolute Gasteiger partial charge is 0.385 e. The summed E-state index contributed by atoms with van der Waals surface area (Å²) in [6, 6.07) is 16.8. The van der Waals surface area contributed by atoms with Crippen LogP contribution in [0.3, 0.4) is 0 Å². The van der Waals surface area contributed by atoms with Crippen LogP contribution in [0.5, 0.6) is 0 Å². The van der Waals surface area contributed by atoms with Crippen LogP contribution in [-0.2, 0) is 22.6 Å². The summed E-state index contributed by atoms with van der Waals surface area (Å²) in [5.74, 6) is 7.96. The van der Waals surface area contributed by atoms with E-state index in [1.54, 1.807) is 16.2 Å². The topological polar surface area (TPSA) is 122 Å². The maximum Gasteiger partial charge on any atom is 0.255 e. The molecule has 1 saturated carbocycles. The molecule has 3 aliphatic rings. The van der Waals surface area contributed by atoms with Gasteiger partial charge in [-0.15, -0.1) is 21.5 Å². The summed E-state index contributed by atoms with van der Waals surface area (Å²) < 4.78 is 2.10. The van der Waals surface area contributed by atoms with Crippen molar-refractivity contribution in [3.63, 3.8) is 0 Å². The lowest BCUT2D eigenvalue weighted by atomic mass is 9.92. The summed E-state index contributed by atoms with van der Waals surface area (Å²) in [6.07, 6.45) is 5.36. The van der Waals surface area contributed by atoms with Crippen LogP contribution in [0.2, 0.25) is 5.02 Å². The first kappa shape index (κ1) is 35.6. The second-order valence-electron chi connectivity index (χ2n) is 14.0. The molecule has 2 aromatic carbocycles. The SMILES string of the molecule is Cc1c(C#Cc2ccc(CCCCNc3cccc4c3CN(C3CCC(=O)CC3=O)C4=O)cn2)sc2c1C(c1ccc(Cl)cc1)=N[C@@H](C)c1nnc(C)n1-2. The van der Waals surface area contributed by atoms with Gasteiger partial charge < -0.3 is 10.2 Å². The highest BCUT2D eigenvalue weighted by Crippen LogP contribution is 2.39. The maximum absolute atomic E-state index is 13.2. The average molecular weight is 756 g/mol. The normalized spacial score (nSPS) is 17.7. The smallest absolute Gasteiger partial charge is 0.255 e. The average Bonchev–Trinajstić information content (AvgIpc) is 3.79. The van der Waals surface area contributed by atoms with Crippen molar-refractivity contribution in [2.45, 2.75) is 77.9 Å². The van der Waals surface area contributed by atoms with Gasteiger partial charge in [-0.1, -0.05) is 35.9 Å². The number of nitrogens with one attached hydrogen (secondary N) is 1. The predicted octanol–water partition coefficient (Wildman–Crippen LogP) is 7.39. The maximum atomic E-state index is 13.2. The first-order valence-electron chi connectivity index (χ1n) is 18.2. The van der Waals surface area contributed by atoms with Gasteiger partial charge in [0, 0.05) is 58.7 Å². The third kappa shape index (κ3) is 6.76. The minimum absolute atomic E-state index is 0.0417. The molecule has 1 fully saturated rings. The van der Waals surface area contributed by atoms with E-state index >= 15 is 0 Å². The number of benzene rings is 2. The molecule has 54 heavy (non-hydrogen) atoms. The van der Waals surface area contributed by atoms with E-state index in [-0.39, 0.29) is 29.9 Å². The molecule has 8 rings (SSSR count). The zero-order chi connectivity index (χ0) is 37.5. The van der Waals surface area contributed by atoms with Crippen molar-refractivity contribution in [3.05, 3.63) is 121 Å². The van der Waals surface area contributed by atoms with Crippen LogP contribution in [-0.4, -0.2) is 60.4 Å². The van der Waals surface area contributed by atoms with Gasteiger partial charge in [0.2, 0.25) is 0 Å². The van der Waals surface area contributed by atoms with Crippen LogP contribution in [0.1, 0.15) is 105 Å². The molecule has 1 unspecified atom stereocenters. The number of amides is 1. The number of unbranched alkanes of at least 4 members (excludes halogenated alkanes) is 1. The molecule has 12 heteroatoms. The Hall–Kier alpha value is -5.44. The quantitative estimate of drug-likeness (QED) is 0.0996. The summed E-state index contributed by atoms with van der Waals surface area (Å²) in [7, 11) is 0. The Labute approximate surface area is 322 Å². The van der Waals surface area contributed by atoms with E-state index in [2.05, 4.69) is 49.9 Å². The van der Waals surface area contributed by atoms with E-state index < -0.39 is 6.04 Å². The van der Waals surface area contributed by atoms with Gasteiger partial charge in [0.05, 0.1) is 23.1 Å². The first-order valence-corrected chi connectivity index (χ1v) is 19.4. The van der Waals surface area contributed by atoms with Crippen molar-refractivity contribution in [2.24, 2.45) is 4.99 Å². The number of aromatic nitrogens is 4. The molecule has 5 heterocycles.